The molecule has 1 fully saturated rings. The van der Waals surface area contributed by atoms with Crippen molar-refractivity contribution < 1.29 is 13.2 Å². The van der Waals surface area contributed by atoms with Gasteiger partial charge in [-0.05, 0) is 36.4 Å². The van der Waals surface area contributed by atoms with E-state index in [9.17, 15) is 14.0 Å². The molecule has 0 N–H and O–H groups in total. The summed E-state index contributed by atoms with van der Waals surface area (Å²) in [6, 6.07) is 14.6. The van der Waals surface area contributed by atoms with Gasteiger partial charge in [0, 0.05) is 31.9 Å². The molecule has 1 saturated heterocycles. The second kappa shape index (κ2) is 7.08. The van der Waals surface area contributed by atoms with Crippen LogP contribution in [0.5, 0.6) is 0 Å². The van der Waals surface area contributed by atoms with Crippen LogP contribution in [0.2, 0.25) is 0 Å². The average molecular weight is 366 g/mol. The quantitative estimate of drug-likeness (QED) is 0.705. The molecule has 136 valence electrons. The topological polar surface area (TPSA) is 56.3 Å². The van der Waals surface area contributed by atoms with Crippen molar-refractivity contribution in [1.29, 1.82) is 5.26 Å². The minimum absolute atomic E-state index is 0.0978. The van der Waals surface area contributed by atoms with Gasteiger partial charge < -0.3 is 14.2 Å². The lowest BCUT2D eigenvalue weighted by atomic mass is 10.2. The maximum Gasteiger partial charge on any atom is 0.235 e. The lowest BCUT2D eigenvalue weighted by Crippen LogP contribution is -2.46. The van der Waals surface area contributed by atoms with E-state index in [0.717, 1.165) is 5.69 Å². The van der Waals surface area contributed by atoms with Gasteiger partial charge in [0.1, 0.15) is 17.7 Å². The van der Waals surface area contributed by atoms with E-state index in [1.807, 2.05) is 11.0 Å². The van der Waals surface area contributed by atoms with Crippen molar-refractivity contribution in [1.82, 2.24) is 4.98 Å². The molecule has 27 heavy (non-hydrogen) atoms. The first-order valence-electron chi connectivity index (χ1n) is 8.57. The van der Waals surface area contributed by atoms with E-state index >= 15 is 0 Å². The van der Waals surface area contributed by atoms with Crippen molar-refractivity contribution in [2.24, 2.45) is 0 Å². The largest absolute Gasteiger partial charge is 0.419 e. The van der Waals surface area contributed by atoms with E-state index in [1.54, 1.807) is 30.3 Å². The molecular weight excluding hydrogens is 350 g/mol. The molecule has 1 aromatic heterocycles. The second-order valence-corrected chi connectivity index (χ2v) is 6.21. The summed E-state index contributed by atoms with van der Waals surface area (Å²) in [6.07, 6.45) is 0. The average Bonchev–Trinajstić information content (AvgIpc) is 3.13. The van der Waals surface area contributed by atoms with Crippen LogP contribution in [0.3, 0.4) is 0 Å². The summed E-state index contributed by atoms with van der Waals surface area (Å²) < 4.78 is 32.8. The SMILES string of the molecule is N#Cc1nc(-c2ccccc2F)oc1N1CCN(c2ccc(F)cc2)CC1. The molecule has 5 nitrogen and oxygen atoms in total. The van der Waals surface area contributed by atoms with Crippen LogP contribution < -0.4 is 9.80 Å². The third-order valence-electron chi connectivity index (χ3n) is 4.58. The standard InChI is InChI=1S/C20H16F2N4O/c21-14-5-7-15(8-6-14)25-9-11-26(12-10-25)20-18(13-23)24-19(27-20)16-3-1-2-4-17(16)22/h1-8H,9-12H2. The Kier molecular flexibility index (Phi) is 4.47. The number of aromatic nitrogens is 1. The molecule has 1 aliphatic heterocycles. The van der Waals surface area contributed by atoms with Crippen LogP contribution >= 0.6 is 0 Å². The number of benzene rings is 2. The number of hydrogen-bond donors (Lipinski definition) is 0. The molecule has 3 aromatic rings. The minimum Gasteiger partial charge on any atom is -0.419 e. The number of piperazine rings is 1. The van der Waals surface area contributed by atoms with Crippen molar-refractivity contribution in [2.75, 3.05) is 36.0 Å². The zero-order chi connectivity index (χ0) is 18.8. The van der Waals surface area contributed by atoms with Gasteiger partial charge in [-0.2, -0.15) is 10.2 Å². The molecular formula is C20H16F2N4O. The first-order valence-corrected chi connectivity index (χ1v) is 8.57. The van der Waals surface area contributed by atoms with Crippen LogP contribution in [0.15, 0.2) is 52.9 Å². The molecule has 0 bridgehead atoms. The molecule has 7 heteroatoms. The summed E-state index contributed by atoms with van der Waals surface area (Å²) in [5.74, 6) is -0.260. The van der Waals surface area contributed by atoms with Gasteiger partial charge in [0.25, 0.3) is 0 Å². The number of nitrogens with zero attached hydrogens (tertiary/aromatic N) is 4. The van der Waals surface area contributed by atoms with Gasteiger partial charge in [-0.1, -0.05) is 12.1 Å². The third kappa shape index (κ3) is 3.34. The molecule has 0 saturated carbocycles. The predicted octanol–water partition coefficient (Wildman–Crippen LogP) is 3.82. The first kappa shape index (κ1) is 17.0. The Morgan fingerprint density at radius 3 is 2.26 bits per heavy atom. The van der Waals surface area contributed by atoms with Gasteiger partial charge >= 0.3 is 0 Å². The summed E-state index contributed by atoms with van der Waals surface area (Å²) >= 11 is 0. The van der Waals surface area contributed by atoms with Gasteiger partial charge in [-0.15, -0.1) is 0 Å². The summed E-state index contributed by atoms with van der Waals surface area (Å²) in [6.45, 7) is 2.59. The van der Waals surface area contributed by atoms with Crippen molar-refractivity contribution in [3.63, 3.8) is 0 Å². The monoisotopic (exact) mass is 366 g/mol. The molecule has 0 spiro atoms. The highest BCUT2D eigenvalue weighted by molar-refractivity contribution is 5.60. The Bertz CT molecular complexity index is 986. The minimum atomic E-state index is -0.448. The van der Waals surface area contributed by atoms with Crippen LogP contribution in [0.25, 0.3) is 11.5 Å². The maximum atomic E-state index is 14.0. The lowest BCUT2D eigenvalue weighted by molar-refractivity contribution is 0.526. The van der Waals surface area contributed by atoms with Crippen molar-refractivity contribution in [3.05, 3.63) is 65.9 Å². The molecule has 0 atom stereocenters. The zero-order valence-electron chi connectivity index (χ0n) is 14.4. The van der Waals surface area contributed by atoms with Crippen LogP contribution in [0.1, 0.15) is 5.69 Å². The predicted molar refractivity (Wildman–Crippen MR) is 97.4 cm³/mol. The fourth-order valence-electron chi connectivity index (χ4n) is 3.17. The number of anilines is 2. The molecule has 0 unspecified atom stereocenters. The number of rotatable bonds is 3. The highest BCUT2D eigenvalue weighted by atomic mass is 19.1. The number of hydrogen-bond acceptors (Lipinski definition) is 5. The molecule has 0 aliphatic carbocycles. The zero-order valence-corrected chi connectivity index (χ0v) is 14.4. The Morgan fingerprint density at radius 2 is 1.59 bits per heavy atom. The third-order valence-corrected chi connectivity index (χ3v) is 4.58. The molecule has 4 rings (SSSR count). The van der Waals surface area contributed by atoms with Gasteiger partial charge in [0.2, 0.25) is 17.5 Å². The summed E-state index contributed by atoms with van der Waals surface area (Å²) in [5.41, 5.74) is 1.31. The highest BCUT2D eigenvalue weighted by Gasteiger charge is 2.25. The van der Waals surface area contributed by atoms with E-state index in [4.69, 9.17) is 4.42 Å². The van der Waals surface area contributed by atoms with Gasteiger partial charge in [0.15, 0.2) is 0 Å². The van der Waals surface area contributed by atoms with E-state index in [0.29, 0.717) is 32.1 Å². The van der Waals surface area contributed by atoms with Crippen LogP contribution in [-0.2, 0) is 0 Å². The van der Waals surface area contributed by atoms with Gasteiger partial charge in [-0.25, -0.2) is 8.78 Å². The van der Waals surface area contributed by atoms with Crippen LogP contribution in [0.4, 0.5) is 20.4 Å². The molecule has 0 amide bonds. The smallest absolute Gasteiger partial charge is 0.235 e. The fourth-order valence-corrected chi connectivity index (χ4v) is 3.17. The summed E-state index contributed by atoms with van der Waals surface area (Å²) in [5, 5.41) is 9.40. The number of halogens is 2. The van der Waals surface area contributed by atoms with E-state index in [-0.39, 0.29) is 23.0 Å². The van der Waals surface area contributed by atoms with Crippen LogP contribution in [-0.4, -0.2) is 31.2 Å². The normalized spacial score (nSPS) is 14.3. The highest BCUT2D eigenvalue weighted by Crippen LogP contribution is 2.30. The molecule has 1 aliphatic rings. The number of oxazole rings is 1. The molecule has 0 radical (unpaired) electrons. The molecule has 2 aromatic carbocycles. The summed E-state index contributed by atoms with van der Waals surface area (Å²) in [7, 11) is 0. The lowest BCUT2D eigenvalue weighted by Gasteiger charge is -2.35. The van der Waals surface area contributed by atoms with E-state index < -0.39 is 5.82 Å². The Labute approximate surface area is 155 Å². The van der Waals surface area contributed by atoms with E-state index in [1.165, 1.54) is 18.2 Å². The second-order valence-electron chi connectivity index (χ2n) is 6.21. The van der Waals surface area contributed by atoms with Crippen LogP contribution in [0, 0.1) is 23.0 Å². The Hall–Kier alpha value is -3.40. The van der Waals surface area contributed by atoms with Gasteiger partial charge in [-0.3, -0.25) is 0 Å². The molecule has 2 heterocycles. The first-order chi connectivity index (χ1) is 13.2. The summed E-state index contributed by atoms with van der Waals surface area (Å²) in [4.78, 5) is 8.22. The Balaban J connectivity index is 1.54. The van der Waals surface area contributed by atoms with Crippen molar-refractivity contribution in [3.8, 4) is 17.5 Å². The van der Waals surface area contributed by atoms with Gasteiger partial charge in [0.05, 0.1) is 5.56 Å². The maximum absolute atomic E-state index is 14.0. The Morgan fingerprint density at radius 1 is 0.926 bits per heavy atom. The van der Waals surface area contributed by atoms with Crippen molar-refractivity contribution >= 4 is 11.6 Å². The van der Waals surface area contributed by atoms with E-state index in [2.05, 4.69) is 9.88 Å². The number of nitriles is 1. The van der Waals surface area contributed by atoms with Crippen molar-refractivity contribution in [2.45, 2.75) is 0 Å². The fraction of sp³-hybridized carbons (Fsp3) is 0.200.